The Labute approximate surface area is 186 Å². The lowest BCUT2D eigenvalue weighted by Gasteiger charge is -2.23. The molecule has 2 aliphatic heterocycles. The Morgan fingerprint density at radius 1 is 1.31 bits per heavy atom. The molecule has 32 heavy (non-hydrogen) atoms. The van der Waals surface area contributed by atoms with Crippen molar-refractivity contribution in [1.29, 1.82) is 0 Å². The molecule has 0 spiro atoms. The van der Waals surface area contributed by atoms with Crippen molar-refractivity contribution in [3.8, 4) is 0 Å². The second kappa shape index (κ2) is 8.41. The Morgan fingerprint density at radius 2 is 2.12 bits per heavy atom. The third kappa shape index (κ3) is 4.18. The van der Waals surface area contributed by atoms with E-state index in [9.17, 15) is 9.59 Å². The number of hydrogen-bond acceptors (Lipinski definition) is 6. The Kier molecular flexibility index (Phi) is 5.65. The minimum Gasteiger partial charge on any atom is -0.359 e. The summed E-state index contributed by atoms with van der Waals surface area (Å²) in [6, 6.07) is 0. The predicted molar refractivity (Wildman–Crippen MR) is 123 cm³/mol. The van der Waals surface area contributed by atoms with E-state index in [1.54, 1.807) is 31.0 Å². The minimum absolute atomic E-state index is 0.00269. The van der Waals surface area contributed by atoms with Gasteiger partial charge in [-0.1, -0.05) is 20.8 Å². The summed E-state index contributed by atoms with van der Waals surface area (Å²) in [7, 11) is 0. The van der Waals surface area contributed by atoms with Crippen molar-refractivity contribution in [3.63, 3.8) is 0 Å². The van der Waals surface area contributed by atoms with Crippen LogP contribution in [-0.4, -0.2) is 38.3 Å². The number of hydrogen-bond donors (Lipinski definition) is 3. The van der Waals surface area contributed by atoms with E-state index < -0.39 is 5.92 Å². The zero-order chi connectivity index (χ0) is 22.9. The van der Waals surface area contributed by atoms with E-state index in [0.717, 1.165) is 28.2 Å². The number of carbonyl (C=O) groups excluding carboxylic acids is 2. The summed E-state index contributed by atoms with van der Waals surface area (Å²) >= 11 is 0. The van der Waals surface area contributed by atoms with Crippen molar-refractivity contribution in [1.82, 2.24) is 25.3 Å². The Balaban J connectivity index is 1.68. The van der Waals surface area contributed by atoms with Crippen molar-refractivity contribution in [3.05, 3.63) is 59.3 Å². The van der Waals surface area contributed by atoms with Gasteiger partial charge in [-0.15, -0.1) is 0 Å². The predicted octanol–water partition coefficient (Wildman–Crippen LogP) is 2.68. The molecule has 2 aromatic heterocycles. The summed E-state index contributed by atoms with van der Waals surface area (Å²) in [5, 5.41) is 7.08. The quantitative estimate of drug-likeness (QED) is 0.672. The number of aromatic amines is 1. The molecule has 9 heteroatoms. The zero-order valence-electron chi connectivity index (χ0n) is 18.6. The zero-order valence-corrected chi connectivity index (χ0v) is 18.6. The largest absolute Gasteiger partial charge is 0.359 e. The number of amides is 1. The standard InChI is InChI=1S/C23H27N7O2/c1-14-15(5-6-19(31)30-10-9-24-13-30)20(23(2,3)4)17(28-14)11-18-21(26-8-7-25-18)16-12-27-29-22(16)32/h7-13,16,25,28H,5-6H2,1-4H3,(H,29,32). The van der Waals surface area contributed by atoms with Crippen LogP contribution in [0.5, 0.6) is 0 Å². The third-order valence-electron chi connectivity index (χ3n) is 5.54. The number of carbonyl (C=O) groups is 2. The van der Waals surface area contributed by atoms with Crippen LogP contribution in [0.3, 0.4) is 0 Å². The number of nitrogens with one attached hydrogen (secondary N) is 3. The van der Waals surface area contributed by atoms with E-state index in [-0.39, 0.29) is 17.2 Å². The van der Waals surface area contributed by atoms with Crippen molar-refractivity contribution in [2.45, 2.75) is 46.0 Å². The number of allylic oxidation sites excluding steroid dienone is 1. The van der Waals surface area contributed by atoms with Crippen LogP contribution in [0.25, 0.3) is 6.08 Å². The van der Waals surface area contributed by atoms with Gasteiger partial charge in [-0.25, -0.2) is 10.4 Å². The number of imidazole rings is 1. The molecule has 0 saturated carbocycles. The molecule has 0 fully saturated rings. The van der Waals surface area contributed by atoms with Gasteiger partial charge in [-0.2, -0.15) is 5.10 Å². The highest BCUT2D eigenvalue weighted by Gasteiger charge is 2.31. The molecule has 4 rings (SSSR count). The summed E-state index contributed by atoms with van der Waals surface area (Å²) in [5.41, 5.74) is 7.85. The number of aliphatic imine (C=N–C) groups is 1. The van der Waals surface area contributed by atoms with Crippen LogP contribution in [0, 0.1) is 12.8 Å². The first kappa shape index (κ1) is 21.5. The maximum Gasteiger partial charge on any atom is 0.254 e. The highest BCUT2D eigenvalue weighted by atomic mass is 16.2. The second-order valence-corrected chi connectivity index (χ2v) is 8.90. The number of aryl methyl sites for hydroxylation is 1. The van der Waals surface area contributed by atoms with Crippen molar-refractivity contribution < 1.29 is 9.59 Å². The Morgan fingerprint density at radius 3 is 2.78 bits per heavy atom. The maximum atomic E-state index is 12.5. The maximum absolute atomic E-state index is 12.5. The van der Waals surface area contributed by atoms with Crippen LogP contribution in [-0.2, 0) is 16.6 Å². The normalized spacial score (nSPS) is 19.2. The van der Waals surface area contributed by atoms with Crippen LogP contribution in [0.4, 0.5) is 0 Å². The van der Waals surface area contributed by atoms with Crippen LogP contribution < -0.4 is 10.7 Å². The summed E-state index contributed by atoms with van der Waals surface area (Å²) in [6.45, 7) is 8.48. The van der Waals surface area contributed by atoms with Gasteiger partial charge in [0, 0.05) is 48.8 Å². The molecule has 4 heterocycles. The summed E-state index contributed by atoms with van der Waals surface area (Å²) in [5.74, 6) is -0.743. The minimum atomic E-state index is -0.542. The van der Waals surface area contributed by atoms with Gasteiger partial charge in [0.05, 0.1) is 11.4 Å². The first-order valence-corrected chi connectivity index (χ1v) is 10.5. The molecule has 0 radical (unpaired) electrons. The highest BCUT2D eigenvalue weighted by Crippen LogP contribution is 2.34. The van der Waals surface area contributed by atoms with Gasteiger partial charge < -0.3 is 10.3 Å². The van der Waals surface area contributed by atoms with Gasteiger partial charge in [0.1, 0.15) is 12.2 Å². The van der Waals surface area contributed by atoms with E-state index >= 15 is 0 Å². The van der Waals surface area contributed by atoms with Crippen LogP contribution in [0.2, 0.25) is 0 Å². The molecule has 3 N–H and O–H groups in total. The van der Waals surface area contributed by atoms with Crippen molar-refractivity contribution >= 4 is 29.8 Å². The fraction of sp³-hybridized carbons (Fsp3) is 0.348. The van der Waals surface area contributed by atoms with Gasteiger partial charge in [-0.3, -0.25) is 19.1 Å². The SMILES string of the molecule is Cc1[nH]c(C=C2NC=CN=C2C2C=NNC2=O)c(C(C)(C)C)c1CCC(=O)n1ccnc1. The first-order chi connectivity index (χ1) is 15.3. The van der Waals surface area contributed by atoms with Gasteiger partial charge in [0.25, 0.3) is 5.91 Å². The summed E-state index contributed by atoms with van der Waals surface area (Å²) in [6.07, 6.45) is 12.7. The number of nitrogens with zero attached hydrogens (tertiary/aromatic N) is 4. The molecular weight excluding hydrogens is 406 g/mol. The van der Waals surface area contributed by atoms with Gasteiger partial charge in [-0.05, 0) is 36.0 Å². The fourth-order valence-electron chi connectivity index (χ4n) is 4.14. The molecule has 1 unspecified atom stereocenters. The van der Waals surface area contributed by atoms with Gasteiger partial charge in [0.2, 0.25) is 5.91 Å². The number of H-pyrrole nitrogens is 1. The molecule has 1 atom stereocenters. The Bertz CT molecular complexity index is 1160. The molecular formula is C23H27N7O2. The summed E-state index contributed by atoms with van der Waals surface area (Å²) in [4.78, 5) is 36.5. The molecule has 0 aromatic carbocycles. The molecule has 9 nitrogen and oxygen atoms in total. The molecule has 0 bridgehead atoms. The van der Waals surface area contributed by atoms with Gasteiger partial charge in [0.15, 0.2) is 0 Å². The van der Waals surface area contributed by atoms with Crippen LogP contribution in [0.1, 0.15) is 54.5 Å². The third-order valence-corrected chi connectivity index (χ3v) is 5.54. The number of hydrazone groups is 1. The average Bonchev–Trinajstić information content (AvgIpc) is 3.47. The van der Waals surface area contributed by atoms with Crippen molar-refractivity contribution in [2.75, 3.05) is 0 Å². The lowest BCUT2D eigenvalue weighted by molar-refractivity contribution is -0.120. The summed E-state index contributed by atoms with van der Waals surface area (Å²) < 4.78 is 1.51. The number of rotatable bonds is 5. The van der Waals surface area contributed by atoms with E-state index in [2.05, 4.69) is 51.6 Å². The lowest BCUT2D eigenvalue weighted by Crippen LogP contribution is -2.32. The molecule has 1 amide bonds. The first-order valence-electron chi connectivity index (χ1n) is 10.5. The fourth-order valence-corrected chi connectivity index (χ4v) is 4.14. The van der Waals surface area contributed by atoms with E-state index in [1.807, 2.05) is 13.0 Å². The van der Waals surface area contributed by atoms with Gasteiger partial charge >= 0.3 is 0 Å². The van der Waals surface area contributed by atoms with E-state index in [1.165, 1.54) is 10.9 Å². The molecule has 2 aromatic rings. The average molecular weight is 434 g/mol. The molecule has 2 aliphatic rings. The topological polar surface area (TPSA) is 117 Å². The second-order valence-electron chi connectivity index (χ2n) is 8.90. The van der Waals surface area contributed by atoms with E-state index in [0.29, 0.717) is 18.6 Å². The molecule has 0 aliphatic carbocycles. The van der Waals surface area contributed by atoms with Crippen molar-refractivity contribution in [2.24, 2.45) is 16.0 Å². The smallest absolute Gasteiger partial charge is 0.254 e. The van der Waals surface area contributed by atoms with E-state index in [4.69, 9.17) is 0 Å². The molecule has 0 saturated heterocycles. The Hall–Kier alpha value is -3.75. The highest BCUT2D eigenvalue weighted by molar-refractivity contribution is 6.24. The monoisotopic (exact) mass is 433 g/mol. The van der Waals surface area contributed by atoms with Crippen LogP contribution in [0.15, 0.2) is 46.9 Å². The molecule has 166 valence electrons. The number of aromatic nitrogens is 3. The lowest BCUT2D eigenvalue weighted by atomic mass is 9.82. The van der Waals surface area contributed by atoms with Crippen LogP contribution >= 0.6 is 0 Å².